The van der Waals surface area contributed by atoms with Crippen LogP contribution in [0.3, 0.4) is 0 Å². The van der Waals surface area contributed by atoms with Gasteiger partial charge in [-0.05, 0) is 32.9 Å². The Morgan fingerprint density at radius 3 is 2.33 bits per heavy atom. The lowest BCUT2D eigenvalue weighted by Gasteiger charge is -2.30. The minimum absolute atomic E-state index is 0.0164. The van der Waals surface area contributed by atoms with E-state index in [1.54, 1.807) is 19.4 Å². The Labute approximate surface area is 198 Å². The Balaban J connectivity index is 0.000000591. The molecule has 2 aromatic rings. The number of carboxylic acids is 2. The highest BCUT2D eigenvalue weighted by atomic mass is 35.5. The predicted octanol–water partition coefficient (Wildman–Crippen LogP) is 3.08. The number of aliphatic hydroxyl groups is 1. The van der Waals surface area contributed by atoms with Crippen molar-refractivity contribution in [2.45, 2.75) is 52.4 Å². The zero-order valence-corrected chi connectivity index (χ0v) is 20.2. The first-order chi connectivity index (χ1) is 15.5. The smallest absolute Gasteiger partial charge is 0.300 e. The second kappa shape index (κ2) is 13.7. The number of aliphatic hydroxyl groups excluding tert-OH is 1. The maximum atomic E-state index is 10.3. The monoisotopic (exact) mass is 485 g/mol. The number of hydrogen-bond acceptors (Lipinski definition) is 7. The molecule has 33 heavy (non-hydrogen) atoms. The van der Waals surface area contributed by atoms with Crippen molar-refractivity contribution in [1.82, 2.24) is 14.9 Å². The van der Waals surface area contributed by atoms with Gasteiger partial charge in [0.05, 0.1) is 30.4 Å². The molecule has 0 radical (unpaired) electrons. The van der Waals surface area contributed by atoms with E-state index < -0.39 is 18.0 Å². The Hall–Kier alpha value is -2.82. The second-order valence-corrected chi connectivity index (χ2v) is 7.88. The third-order valence-electron chi connectivity index (χ3n) is 4.30. The molecule has 3 rings (SSSR count). The number of methoxy groups -OCH3 is 1. The molecule has 0 bridgehead atoms. The van der Waals surface area contributed by atoms with E-state index in [9.17, 15) is 5.11 Å². The van der Waals surface area contributed by atoms with Crippen molar-refractivity contribution in [1.29, 1.82) is 0 Å². The van der Waals surface area contributed by atoms with Gasteiger partial charge in [0.2, 0.25) is 0 Å². The minimum Gasteiger partial charge on any atom is -0.493 e. The van der Waals surface area contributed by atoms with Gasteiger partial charge < -0.3 is 34.7 Å². The Kier molecular flexibility index (Phi) is 11.7. The number of nitrogens with zero attached hydrogens (tertiary/aromatic N) is 2. The minimum atomic E-state index is -0.833. The van der Waals surface area contributed by atoms with Gasteiger partial charge in [-0.3, -0.25) is 9.59 Å². The number of aromatic nitrogens is 2. The van der Waals surface area contributed by atoms with Crippen LogP contribution in [0.15, 0.2) is 24.5 Å². The van der Waals surface area contributed by atoms with Gasteiger partial charge in [0.25, 0.3) is 11.9 Å². The quantitative estimate of drug-likeness (QED) is 0.502. The van der Waals surface area contributed by atoms with Crippen LogP contribution >= 0.6 is 11.6 Å². The molecule has 1 saturated heterocycles. The number of ether oxygens (including phenoxy) is 2. The maximum absolute atomic E-state index is 10.3. The lowest BCUT2D eigenvalue weighted by Crippen LogP contribution is -2.41. The number of imidazole rings is 1. The summed E-state index contributed by atoms with van der Waals surface area (Å²) in [5.74, 6) is 0.255. The Bertz CT molecular complexity index is 897. The molecule has 0 amide bonds. The van der Waals surface area contributed by atoms with Crippen molar-refractivity contribution in [2.24, 2.45) is 0 Å². The summed E-state index contributed by atoms with van der Waals surface area (Å²) in [6.07, 6.45) is 3.99. The molecule has 4 N–H and O–H groups in total. The summed E-state index contributed by atoms with van der Waals surface area (Å²) < 4.78 is 13.2. The van der Waals surface area contributed by atoms with Crippen molar-refractivity contribution in [3.63, 3.8) is 0 Å². The van der Waals surface area contributed by atoms with Crippen LogP contribution in [-0.4, -0.2) is 69.2 Å². The zero-order valence-electron chi connectivity index (χ0n) is 19.4. The fourth-order valence-corrected chi connectivity index (χ4v) is 3.39. The van der Waals surface area contributed by atoms with Crippen molar-refractivity contribution >= 4 is 23.5 Å². The van der Waals surface area contributed by atoms with Crippen LogP contribution in [-0.2, 0) is 9.59 Å². The molecule has 0 aliphatic carbocycles. The van der Waals surface area contributed by atoms with Crippen LogP contribution < -0.4 is 14.8 Å². The normalized spacial score (nSPS) is 17.2. The highest BCUT2D eigenvalue weighted by Gasteiger charge is 2.27. The number of hydrogen-bond donors (Lipinski definition) is 4. The number of β-amino-alcohol motifs (C(OH)–C–C–N with tert-alkyl or cyclic N) is 1. The fourth-order valence-electron chi connectivity index (χ4n) is 3.15. The van der Waals surface area contributed by atoms with E-state index in [0.29, 0.717) is 28.9 Å². The van der Waals surface area contributed by atoms with Gasteiger partial charge in [-0.25, -0.2) is 4.98 Å². The molecule has 184 valence electrons. The third-order valence-corrected chi connectivity index (χ3v) is 4.61. The second-order valence-electron chi connectivity index (χ2n) is 7.47. The van der Waals surface area contributed by atoms with Gasteiger partial charge in [0, 0.05) is 44.4 Å². The predicted molar refractivity (Wildman–Crippen MR) is 124 cm³/mol. The summed E-state index contributed by atoms with van der Waals surface area (Å²) in [5, 5.41) is 28.9. The number of rotatable bonds is 5. The number of nitrogens with one attached hydrogen (secondary N) is 1. The SMILES string of the molecule is CC(=O)O.CC(=O)O.COc1cc(-c2nccn2[C@H]2CCNC[C@@H]2O)c(Cl)cc1OC(C)C. The van der Waals surface area contributed by atoms with Gasteiger partial charge in [-0.1, -0.05) is 11.6 Å². The molecule has 2 atom stereocenters. The highest BCUT2D eigenvalue weighted by Crippen LogP contribution is 2.39. The van der Waals surface area contributed by atoms with Crippen LogP contribution in [0.1, 0.15) is 40.2 Å². The lowest BCUT2D eigenvalue weighted by molar-refractivity contribution is -0.135. The average molecular weight is 486 g/mol. The summed E-state index contributed by atoms with van der Waals surface area (Å²) in [5.41, 5.74) is 0.755. The molecule has 1 aliphatic rings. The van der Waals surface area contributed by atoms with Gasteiger partial charge in [-0.2, -0.15) is 0 Å². The van der Waals surface area contributed by atoms with Gasteiger partial charge in [0.1, 0.15) is 5.82 Å². The molecule has 1 aromatic carbocycles. The number of aliphatic carboxylic acids is 2. The first-order valence-corrected chi connectivity index (χ1v) is 10.7. The van der Waals surface area contributed by atoms with E-state index in [2.05, 4.69) is 10.3 Å². The molecule has 1 fully saturated rings. The Morgan fingerprint density at radius 1 is 1.21 bits per heavy atom. The summed E-state index contributed by atoms with van der Waals surface area (Å²) in [6.45, 7) is 7.50. The van der Waals surface area contributed by atoms with Crippen LogP contribution in [0.5, 0.6) is 11.5 Å². The van der Waals surface area contributed by atoms with Crippen LogP contribution in [0, 0.1) is 0 Å². The molecule has 0 saturated carbocycles. The van der Waals surface area contributed by atoms with Crippen molar-refractivity contribution in [2.75, 3.05) is 20.2 Å². The average Bonchev–Trinajstić information content (AvgIpc) is 3.16. The van der Waals surface area contributed by atoms with Gasteiger partial charge in [-0.15, -0.1) is 0 Å². The van der Waals surface area contributed by atoms with Crippen LogP contribution in [0.4, 0.5) is 0 Å². The largest absolute Gasteiger partial charge is 0.493 e. The summed E-state index contributed by atoms with van der Waals surface area (Å²) in [6, 6.07) is 3.56. The molecule has 0 unspecified atom stereocenters. The number of piperidine rings is 1. The van der Waals surface area contributed by atoms with E-state index in [1.165, 1.54) is 0 Å². The van der Waals surface area contributed by atoms with Crippen LogP contribution in [0.25, 0.3) is 11.4 Å². The maximum Gasteiger partial charge on any atom is 0.300 e. The molecule has 10 nitrogen and oxygen atoms in total. The molecular formula is C22H32ClN3O7. The molecule has 2 heterocycles. The highest BCUT2D eigenvalue weighted by molar-refractivity contribution is 6.33. The molecule has 1 aliphatic heterocycles. The molecule has 0 spiro atoms. The summed E-state index contributed by atoms with van der Waals surface area (Å²) in [4.78, 5) is 22.5. The Morgan fingerprint density at radius 2 is 1.82 bits per heavy atom. The van der Waals surface area contributed by atoms with Crippen molar-refractivity contribution in [3.8, 4) is 22.9 Å². The summed E-state index contributed by atoms with van der Waals surface area (Å²) >= 11 is 6.52. The summed E-state index contributed by atoms with van der Waals surface area (Å²) in [7, 11) is 1.60. The van der Waals surface area contributed by atoms with Crippen molar-refractivity contribution < 1.29 is 34.4 Å². The van der Waals surface area contributed by atoms with Crippen LogP contribution in [0.2, 0.25) is 5.02 Å². The van der Waals surface area contributed by atoms with Gasteiger partial charge >= 0.3 is 0 Å². The van der Waals surface area contributed by atoms with E-state index in [4.69, 9.17) is 40.9 Å². The van der Waals surface area contributed by atoms with Crippen molar-refractivity contribution in [3.05, 3.63) is 29.5 Å². The third kappa shape index (κ3) is 9.29. The first kappa shape index (κ1) is 28.2. The van der Waals surface area contributed by atoms with E-state index in [0.717, 1.165) is 32.4 Å². The first-order valence-electron chi connectivity index (χ1n) is 10.3. The molecular weight excluding hydrogens is 454 g/mol. The number of carboxylic acid groups (broad SMARTS) is 2. The number of benzene rings is 1. The fraction of sp³-hybridized carbons (Fsp3) is 0.500. The van der Waals surface area contributed by atoms with E-state index in [1.807, 2.05) is 30.7 Å². The van der Waals surface area contributed by atoms with Gasteiger partial charge in [0.15, 0.2) is 11.5 Å². The number of halogens is 1. The zero-order chi connectivity index (χ0) is 25.1. The topological polar surface area (TPSA) is 143 Å². The molecule has 1 aromatic heterocycles. The standard InChI is InChI=1S/C18H24ClN3O3.2C2H4O2/c1-11(2)25-17-9-13(19)12(8-16(17)24-3)18-21-6-7-22(18)14-4-5-20-10-15(14)23;2*1-2(3)4/h6-9,11,14-15,20,23H,4-5,10H2,1-3H3;2*1H3,(H,3,4)/t14-,15-;;/m0../s1. The van der Waals surface area contributed by atoms with E-state index in [-0.39, 0.29) is 12.1 Å². The molecule has 11 heteroatoms. The number of carbonyl (C=O) groups is 2. The van der Waals surface area contributed by atoms with E-state index >= 15 is 0 Å². The lowest BCUT2D eigenvalue weighted by atomic mass is 10.0.